The minimum absolute atomic E-state index is 0.0188. The lowest BCUT2D eigenvalue weighted by molar-refractivity contribution is 0.271. The van der Waals surface area contributed by atoms with Crippen LogP contribution in [0.25, 0.3) is 11.2 Å². The predicted molar refractivity (Wildman–Crippen MR) is 112 cm³/mol. The average molecular weight is 384 g/mol. The highest BCUT2D eigenvalue weighted by atomic mass is 16.5. The Morgan fingerprint density at radius 1 is 1.21 bits per heavy atom. The van der Waals surface area contributed by atoms with Gasteiger partial charge >= 0.3 is 0 Å². The van der Waals surface area contributed by atoms with E-state index in [0.717, 1.165) is 29.0 Å². The second-order valence-corrected chi connectivity index (χ2v) is 6.98. The number of ether oxygens (including phenoxy) is 1. The van der Waals surface area contributed by atoms with Crippen LogP contribution < -0.4 is 15.0 Å². The maximum atomic E-state index is 9.55. The first-order valence-corrected chi connectivity index (χ1v) is 9.48. The van der Waals surface area contributed by atoms with E-state index in [4.69, 9.17) is 9.72 Å². The van der Waals surface area contributed by atoms with Crippen molar-refractivity contribution in [2.45, 2.75) is 39.3 Å². The summed E-state index contributed by atoms with van der Waals surface area (Å²) in [6.07, 6.45) is 2.56. The number of nitrogens with zero attached hydrogens (tertiary/aromatic N) is 5. The second kappa shape index (κ2) is 8.43. The first-order chi connectivity index (χ1) is 13.5. The summed E-state index contributed by atoms with van der Waals surface area (Å²) in [5.41, 5.74) is 2.45. The molecule has 2 aromatic heterocycles. The van der Waals surface area contributed by atoms with Gasteiger partial charge in [-0.1, -0.05) is 6.92 Å². The molecule has 0 saturated carbocycles. The van der Waals surface area contributed by atoms with Gasteiger partial charge in [-0.2, -0.15) is 9.97 Å². The Balaban J connectivity index is 2.10. The Morgan fingerprint density at radius 3 is 2.50 bits per heavy atom. The number of anilines is 3. The lowest BCUT2D eigenvalue weighted by atomic mass is 10.2. The molecule has 0 aliphatic heterocycles. The van der Waals surface area contributed by atoms with Crippen molar-refractivity contribution in [3.05, 3.63) is 30.6 Å². The largest absolute Gasteiger partial charge is 0.497 e. The summed E-state index contributed by atoms with van der Waals surface area (Å²) in [6, 6.07) is 7.88. The van der Waals surface area contributed by atoms with Gasteiger partial charge in [0.2, 0.25) is 5.95 Å². The Labute approximate surface area is 165 Å². The van der Waals surface area contributed by atoms with Crippen LogP contribution in [0.15, 0.2) is 30.6 Å². The van der Waals surface area contributed by atoms with Gasteiger partial charge in [0.25, 0.3) is 0 Å². The molecule has 1 unspecified atom stereocenters. The predicted octanol–water partition coefficient (Wildman–Crippen LogP) is 3.37. The third-order valence-electron chi connectivity index (χ3n) is 4.78. The van der Waals surface area contributed by atoms with Crippen LogP contribution in [0.2, 0.25) is 0 Å². The van der Waals surface area contributed by atoms with Crippen LogP contribution in [0.1, 0.15) is 33.2 Å². The summed E-state index contributed by atoms with van der Waals surface area (Å²) in [5.74, 6) is 1.97. The third kappa shape index (κ3) is 3.87. The highest BCUT2D eigenvalue weighted by Gasteiger charge is 2.19. The van der Waals surface area contributed by atoms with Crippen molar-refractivity contribution < 1.29 is 9.84 Å². The van der Waals surface area contributed by atoms with Gasteiger partial charge in [-0.15, -0.1) is 0 Å². The Kier molecular flexibility index (Phi) is 5.99. The molecule has 2 heterocycles. The summed E-state index contributed by atoms with van der Waals surface area (Å²) in [6.45, 7) is 6.21. The molecule has 28 heavy (non-hydrogen) atoms. The van der Waals surface area contributed by atoms with Crippen molar-refractivity contribution in [2.24, 2.45) is 0 Å². The van der Waals surface area contributed by atoms with Gasteiger partial charge in [0.1, 0.15) is 5.75 Å². The van der Waals surface area contributed by atoms with Crippen molar-refractivity contribution >= 4 is 28.6 Å². The summed E-state index contributed by atoms with van der Waals surface area (Å²) in [5, 5.41) is 12.8. The standard InChI is InChI=1S/C20H28N6O2/c1-6-14(11-27)22-20-23-18(17-19(24-20)26(12-21-17)13(2)3)25(4)15-7-9-16(28-5)10-8-15/h7-10,12-14,27H,6,11H2,1-5H3,(H,22,23,24). The van der Waals surface area contributed by atoms with Crippen molar-refractivity contribution in [2.75, 3.05) is 31.0 Å². The summed E-state index contributed by atoms with van der Waals surface area (Å²) in [4.78, 5) is 15.9. The maximum Gasteiger partial charge on any atom is 0.227 e. The van der Waals surface area contributed by atoms with E-state index in [2.05, 4.69) is 29.1 Å². The number of hydrogen-bond donors (Lipinski definition) is 2. The Morgan fingerprint density at radius 2 is 1.93 bits per heavy atom. The number of aromatic nitrogens is 4. The molecule has 8 heteroatoms. The number of rotatable bonds is 8. The van der Waals surface area contributed by atoms with Gasteiger partial charge in [0.05, 0.1) is 26.1 Å². The SMILES string of the molecule is CCC(CO)Nc1nc(N(C)c2ccc(OC)cc2)c2ncn(C(C)C)c2n1. The molecule has 0 aliphatic rings. The zero-order valence-corrected chi connectivity index (χ0v) is 17.0. The first kappa shape index (κ1) is 19.9. The second-order valence-electron chi connectivity index (χ2n) is 6.98. The molecule has 0 saturated heterocycles. The minimum Gasteiger partial charge on any atom is -0.497 e. The van der Waals surface area contributed by atoms with E-state index in [1.54, 1.807) is 13.4 Å². The van der Waals surface area contributed by atoms with Gasteiger partial charge < -0.3 is 24.6 Å². The molecule has 2 N–H and O–H groups in total. The van der Waals surface area contributed by atoms with Crippen molar-refractivity contribution in [3.8, 4) is 5.75 Å². The van der Waals surface area contributed by atoms with Crippen molar-refractivity contribution in [1.82, 2.24) is 19.5 Å². The molecule has 0 amide bonds. The lowest BCUT2D eigenvalue weighted by Crippen LogP contribution is -2.24. The van der Waals surface area contributed by atoms with E-state index in [1.807, 2.05) is 47.7 Å². The normalized spacial score (nSPS) is 12.4. The summed E-state index contributed by atoms with van der Waals surface area (Å²) < 4.78 is 7.27. The van der Waals surface area contributed by atoms with E-state index in [0.29, 0.717) is 11.8 Å². The van der Waals surface area contributed by atoms with Crippen molar-refractivity contribution in [3.63, 3.8) is 0 Å². The number of nitrogens with one attached hydrogen (secondary N) is 1. The van der Waals surface area contributed by atoms with E-state index < -0.39 is 0 Å². The van der Waals surface area contributed by atoms with Gasteiger partial charge in [-0.05, 0) is 44.5 Å². The molecule has 0 bridgehead atoms. The molecule has 0 fully saturated rings. The highest BCUT2D eigenvalue weighted by Crippen LogP contribution is 2.31. The van der Waals surface area contributed by atoms with Crippen LogP contribution in [0.3, 0.4) is 0 Å². The number of benzene rings is 1. The summed E-state index contributed by atoms with van der Waals surface area (Å²) in [7, 11) is 3.60. The third-order valence-corrected chi connectivity index (χ3v) is 4.78. The van der Waals surface area contributed by atoms with E-state index >= 15 is 0 Å². The van der Waals surface area contributed by atoms with E-state index in [-0.39, 0.29) is 18.7 Å². The zero-order valence-electron chi connectivity index (χ0n) is 17.0. The fourth-order valence-electron chi connectivity index (χ4n) is 2.97. The van der Waals surface area contributed by atoms with Crippen LogP contribution in [-0.4, -0.2) is 51.4 Å². The Hall–Kier alpha value is -2.87. The van der Waals surface area contributed by atoms with Gasteiger partial charge in [0, 0.05) is 18.8 Å². The van der Waals surface area contributed by atoms with Crippen LogP contribution in [-0.2, 0) is 0 Å². The molecular formula is C20H28N6O2. The molecule has 0 radical (unpaired) electrons. The van der Waals surface area contributed by atoms with Crippen LogP contribution in [0.4, 0.5) is 17.5 Å². The molecule has 150 valence electrons. The number of methoxy groups -OCH3 is 1. The maximum absolute atomic E-state index is 9.55. The molecule has 0 spiro atoms. The lowest BCUT2D eigenvalue weighted by Gasteiger charge is -2.21. The molecule has 0 aliphatic carbocycles. The summed E-state index contributed by atoms with van der Waals surface area (Å²) >= 11 is 0. The molecule has 3 aromatic rings. The quantitative estimate of drug-likeness (QED) is 0.615. The average Bonchev–Trinajstić information content (AvgIpc) is 3.15. The number of fused-ring (bicyclic) bond motifs is 1. The molecular weight excluding hydrogens is 356 g/mol. The molecule has 8 nitrogen and oxygen atoms in total. The minimum atomic E-state index is -0.105. The number of aliphatic hydroxyl groups is 1. The number of imidazole rings is 1. The molecule has 1 aromatic carbocycles. The number of hydrogen-bond acceptors (Lipinski definition) is 7. The van der Waals surface area contributed by atoms with E-state index in [1.165, 1.54) is 0 Å². The van der Waals surface area contributed by atoms with Crippen LogP contribution in [0, 0.1) is 0 Å². The molecule has 3 rings (SSSR count). The topological polar surface area (TPSA) is 88.3 Å². The van der Waals surface area contributed by atoms with Crippen LogP contribution in [0.5, 0.6) is 5.75 Å². The van der Waals surface area contributed by atoms with Gasteiger partial charge in [-0.3, -0.25) is 0 Å². The Bertz CT molecular complexity index is 918. The van der Waals surface area contributed by atoms with Crippen LogP contribution >= 0.6 is 0 Å². The molecule has 1 atom stereocenters. The van der Waals surface area contributed by atoms with E-state index in [9.17, 15) is 5.11 Å². The highest BCUT2D eigenvalue weighted by molar-refractivity contribution is 5.87. The zero-order chi connectivity index (χ0) is 20.3. The monoisotopic (exact) mass is 384 g/mol. The first-order valence-electron chi connectivity index (χ1n) is 9.48. The fraction of sp³-hybridized carbons (Fsp3) is 0.450. The fourth-order valence-corrected chi connectivity index (χ4v) is 2.97. The number of aliphatic hydroxyl groups excluding tert-OH is 1. The smallest absolute Gasteiger partial charge is 0.227 e. The van der Waals surface area contributed by atoms with Crippen molar-refractivity contribution in [1.29, 1.82) is 0 Å². The van der Waals surface area contributed by atoms with Gasteiger partial charge in [0.15, 0.2) is 17.0 Å². The van der Waals surface area contributed by atoms with Gasteiger partial charge in [-0.25, -0.2) is 4.98 Å².